The number of aromatic nitrogens is 2. The molecule has 3 aromatic rings. The Morgan fingerprint density at radius 2 is 2.00 bits per heavy atom. The van der Waals surface area contributed by atoms with Crippen LogP contribution in [-0.4, -0.2) is 22.0 Å². The standard InChI is InChI=1S/C18H15ClFN3O3/c19-12-3-1-2-11(8-12)6-7-21-16(24)10-23-15-5-4-13(20)9-14(15)22-17(25)18(23)26/h1-5,8-9H,6-7,10H2,(H,21,24)(H,22,25). The zero-order valence-electron chi connectivity index (χ0n) is 13.6. The minimum absolute atomic E-state index is 0.154. The van der Waals surface area contributed by atoms with Gasteiger partial charge in [-0.05, 0) is 42.3 Å². The number of carbonyl (C=O) groups is 1. The first kappa shape index (κ1) is 17.9. The second-order valence-corrected chi connectivity index (χ2v) is 6.17. The summed E-state index contributed by atoms with van der Waals surface area (Å²) in [6.45, 7) is 0.0180. The number of hydrogen-bond acceptors (Lipinski definition) is 3. The Morgan fingerprint density at radius 3 is 2.77 bits per heavy atom. The van der Waals surface area contributed by atoms with Gasteiger partial charge in [0.25, 0.3) is 0 Å². The van der Waals surface area contributed by atoms with Crippen LogP contribution in [0.4, 0.5) is 4.39 Å². The summed E-state index contributed by atoms with van der Waals surface area (Å²) in [7, 11) is 0. The summed E-state index contributed by atoms with van der Waals surface area (Å²) >= 11 is 5.91. The second-order valence-electron chi connectivity index (χ2n) is 5.74. The topological polar surface area (TPSA) is 84.0 Å². The molecule has 2 N–H and O–H groups in total. The molecule has 1 amide bonds. The van der Waals surface area contributed by atoms with Crippen molar-refractivity contribution in [1.82, 2.24) is 14.9 Å². The van der Waals surface area contributed by atoms with E-state index in [1.807, 2.05) is 12.1 Å². The van der Waals surface area contributed by atoms with Gasteiger partial charge in [0.2, 0.25) is 5.91 Å². The van der Waals surface area contributed by atoms with Gasteiger partial charge in [-0.25, -0.2) is 4.39 Å². The van der Waals surface area contributed by atoms with E-state index in [4.69, 9.17) is 11.6 Å². The van der Waals surface area contributed by atoms with Crippen molar-refractivity contribution in [3.63, 3.8) is 0 Å². The third kappa shape index (κ3) is 4.00. The normalized spacial score (nSPS) is 10.8. The molecular weight excluding hydrogens is 361 g/mol. The molecule has 3 rings (SSSR count). The van der Waals surface area contributed by atoms with E-state index in [2.05, 4.69) is 10.3 Å². The quantitative estimate of drug-likeness (QED) is 0.667. The predicted octanol–water partition coefficient (Wildman–Crippen LogP) is 1.84. The van der Waals surface area contributed by atoms with Crippen molar-refractivity contribution in [3.05, 3.63) is 79.6 Å². The van der Waals surface area contributed by atoms with Gasteiger partial charge in [0.1, 0.15) is 12.4 Å². The van der Waals surface area contributed by atoms with Gasteiger partial charge in [-0.3, -0.25) is 19.0 Å². The van der Waals surface area contributed by atoms with Gasteiger partial charge in [-0.1, -0.05) is 23.7 Å². The summed E-state index contributed by atoms with van der Waals surface area (Å²) in [5, 5.41) is 3.31. The number of benzene rings is 2. The fraction of sp³-hybridized carbons (Fsp3) is 0.167. The van der Waals surface area contributed by atoms with Gasteiger partial charge in [0, 0.05) is 11.6 Å². The highest BCUT2D eigenvalue weighted by Crippen LogP contribution is 2.11. The van der Waals surface area contributed by atoms with Crippen LogP contribution >= 0.6 is 11.6 Å². The van der Waals surface area contributed by atoms with Crippen molar-refractivity contribution >= 4 is 28.5 Å². The van der Waals surface area contributed by atoms with Crippen LogP contribution in [-0.2, 0) is 17.8 Å². The van der Waals surface area contributed by atoms with Crippen molar-refractivity contribution in [1.29, 1.82) is 0 Å². The van der Waals surface area contributed by atoms with Gasteiger partial charge in [0.05, 0.1) is 11.0 Å². The summed E-state index contributed by atoms with van der Waals surface area (Å²) in [4.78, 5) is 38.3. The molecule has 134 valence electrons. The van der Waals surface area contributed by atoms with Crippen molar-refractivity contribution in [2.45, 2.75) is 13.0 Å². The lowest BCUT2D eigenvalue weighted by Gasteiger charge is -2.10. The summed E-state index contributed by atoms with van der Waals surface area (Å²) in [5.74, 6) is -0.977. The molecule has 0 fully saturated rings. The van der Waals surface area contributed by atoms with Crippen molar-refractivity contribution < 1.29 is 9.18 Å². The Labute approximate surface area is 152 Å². The van der Waals surface area contributed by atoms with Gasteiger partial charge in [-0.2, -0.15) is 0 Å². The number of carbonyl (C=O) groups excluding carboxylic acids is 1. The van der Waals surface area contributed by atoms with E-state index in [0.29, 0.717) is 18.0 Å². The van der Waals surface area contributed by atoms with Crippen LogP contribution in [0, 0.1) is 5.82 Å². The first-order chi connectivity index (χ1) is 12.4. The molecule has 26 heavy (non-hydrogen) atoms. The number of amides is 1. The Balaban J connectivity index is 1.74. The highest BCUT2D eigenvalue weighted by Gasteiger charge is 2.12. The zero-order valence-corrected chi connectivity index (χ0v) is 14.3. The molecule has 0 aliphatic carbocycles. The SMILES string of the molecule is O=C(Cn1c(=O)c(=O)[nH]c2cc(F)ccc21)NCCc1cccc(Cl)c1. The first-order valence-corrected chi connectivity index (χ1v) is 8.25. The molecule has 8 heteroatoms. The Kier molecular flexibility index (Phi) is 5.18. The average molecular weight is 376 g/mol. The lowest BCUT2D eigenvalue weighted by atomic mass is 10.1. The Bertz CT molecular complexity index is 1090. The smallest absolute Gasteiger partial charge is 0.317 e. The maximum absolute atomic E-state index is 13.3. The van der Waals surface area contributed by atoms with Gasteiger partial charge >= 0.3 is 11.1 Å². The summed E-state index contributed by atoms with van der Waals surface area (Å²) in [6, 6.07) is 10.9. The number of halogens is 2. The molecule has 0 saturated heterocycles. The van der Waals surface area contributed by atoms with Crippen molar-refractivity contribution in [2.75, 3.05) is 6.54 Å². The molecule has 0 atom stereocenters. The van der Waals surface area contributed by atoms with Crippen LogP contribution in [0.1, 0.15) is 5.56 Å². The van der Waals surface area contributed by atoms with E-state index in [1.165, 1.54) is 6.07 Å². The summed E-state index contributed by atoms with van der Waals surface area (Å²) < 4.78 is 14.4. The highest BCUT2D eigenvalue weighted by molar-refractivity contribution is 6.30. The van der Waals surface area contributed by atoms with E-state index in [-0.39, 0.29) is 17.6 Å². The third-order valence-corrected chi connectivity index (χ3v) is 4.10. The molecular formula is C18H15ClFN3O3. The molecule has 0 unspecified atom stereocenters. The molecule has 0 radical (unpaired) electrons. The van der Waals surface area contributed by atoms with Crippen LogP contribution in [0.2, 0.25) is 5.02 Å². The number of H-pyrrole nitrogens is 1. The largest absolute Gasteiger partial charge is 0.354 e. The molecule has 0 aliphatic heterocycles. The van der Waals surface area contributed by atoms with Crippen LogP contribution < -0.4 is 16.4 Å². The molecule has 0 bridgehead atoms. The molecule has 0 spiro atoms. The van der Waals surface area contributed by atoms with E-state index < -0.39 is 22.8 Å². The fourth-order valence-electron chi connectivity index (χ4n) is 2.65. The first-order valence-electron chi connectivity index (χ1n) is 7.87. The van der Waals surface area contributed by atoms with Crippen molar-refractivity contribution in [2.24, 2.45) is 0 Å². The Hall–Kier alpha value is -2.93. The monoisotopic (exact) mass is 375 g/mol. The average Bonchev–Trinajstić information content (AvgIpc) is 2.59. The summed E-state index contributed by atoms with van der Waals surface area (Å²) in [6.07, 6.45) is 0.572. The number of aromatic amines is 1. The van der Waals surface area contributed by atoms with Crippen LogP contribution in [0.5, 0.6) is 0 Å². The zero-order chi connectivity index (χ0) is 18.7. The van der Waals surface area contributed by atoms with Gasteiger partial charge in [0.15, 0.2) is 0 Å². The molecule has 1 aromatic heterocycles. The molecule has 0 aliphatic rings. The number of nitrogens with one attached hydrogen (secondary N) is 2. The third-order valence-electron chi connectivity index (χ3n) is 3.86. The van der Waals surface area contributed by atoms with E-state index in [1.54, 1.807) is 12.1 Å². The van der Waals surface area contributed by atoms with E-state index >= 15 is 0 Å². The highest BCUT2D eigenvalue weighted by atomic mass is 35.5. The van der Waals surface area contributed by atoms with Crippen LogP contribution in [0.3, 0.4) is 0 Å². The van der Waals surface area contributed by atoms with Crippen molar-refractivity contribution in [3.8, 4) is 0 Å². The van der Waals surface area contributed by atoms with Crippen LogP contribution in [0.15, 0.2) is 52.1 Å². The fourth-order valence-corrected chi connectivity index (χ4v) is 2.86. The molecule has 6 nitrogen and oxygen atoms in total. The van der Waals surface area contributed by atoms with E-state index in [9.17, 15) is 18.8 Å². The van der Waals surface area contributed by atoms with Gasteiger partial charge < -0.3 is 10.3 Å². The lowest BCUT2D eigenvalue weighted by Crippen LogP contribution is -2.40. The maximum Gasteiger partial charge on any atom is 0.317 e. The Morgan fingerprint density at radius 1 is 1.19 bits per heavy atom. The predicted molar refractivity (Wildman–Crippen MR) is 97.0 cm³/mol. The van der Waals surface area contributed by atoms with Gasteiger partial charge in [-0.15, -0.1) is 0 Å². The number of hydrogen-bond donors (Lipinski definition) is 2. The molecule has 1 heterocycles. The molecule has 2 aromatic carbocycles. The molecule has 0 saturated carbocycles. The lowest BCUT2D eigenvalue weighted by molar-refractivity contribution is -0.121. The summed E-state index contributed by atoms with van der Waals surface area (Å²) in [5.41, 5.74) is -0.377. The maximum atomic E-state index is 13.3. The number of nitrogens with zero attached hydrogens (tertiary/aromatic N) is 1. The number of rotatable bonds is 5. The minimum atomic E-state index is -0.908. The second kappa shape index (κ2) is 7.53. The van der Waals surface area contributed by atoms with E-state index in [0.717, 1.165) is 22.3 Å². The number of fused-ring (bicyclic) bond motifs is 1. The minimum Gasteiger partial charge on any atom is -0.354 e. The van der Waals surface area contributed by atoms with Crippen LogP contribution in [0.25, 0.3) is 11.0 Å².